The van der Waals surface area contributed by atoms with E-state index in [1.165, 1.54) is 6.07 Å². The van der Waals surface area contributed by atoms with Gasteiger partial charge in [0, 0.05) is 39.9 Å². The number of carbonyl (C=O) groups excluding carboxylic acids is 2. The molecule has 2 atom stereocenters. The molecule has 7 heteroatoms. The Kier molecular flexibility index (Phi) is 6.46. The highest BCUT2D eigenvalue weighted by molar-refractivity contribution is 6.31. The van der Waals surface area contributed by atoms with Gasteiger partial charge in [0.2, 0.25) is 0 Å². The van der Waals surface area contributed by atoms with E-state index in [4.69, 9.17) is 11.6 Å². The number of allylic oxidation sites excluding steroid dienone is 3. The largest absolute Gasteiger partial charge is 0.362 e. The maximum absolute atomic E-state index is 14.3. The van der Waals surface area contributed by atoms with Crippen LogP contribution in [0.25, 0.3) is 0 Å². The molecule has 2 N–H and O–H groups in total. The van der Waals surface area contributed by atoms with Gasteiger partial charge in [-0.1, -0.05) is 66.2 Å². The lowest BCUT2D eigenvalue weighted by Gasteiger charge is -2.37. The minimum absolute atomic E-state index is 0.00691. The van der Waals surface area contributed by atoms with Crippen molar-refractivity contribution in [3.8, 4) is 0 Å². The van der Waals surface area contributed by atoms with Crippen molar-refractivity contribution in [1.29, 1.82) is 0 Å². The normalized spacial score (nSPS) is 19.6. The zero-order valence-electron chi connectivity index (χ0n) is 19.4. The molecule has 0 fully saturated rings. The number of nitrogens with one attached hydrogen (secondary N) is 2. The third kappa shape index (κ3) is 4.33. The molecule has 1 aliphatic carbocycles. The minimum atomic E-state index is -0.890. The van der Waals surface area contributed by atoms with Crippen molar-refractivity contribution in [2.24, 2.45) is 0 Å². The number of hydrogen-bond donors (Lipinski definition) is 2. The zero-order chi connectivity index (χ0) is 25.4. The van der Waals surface area contributed by atoms with Crippen LogP contribution in [0.4, 0.5) is 14.5 Å². The molecule has 0 saturated heterocycles. The van der Waals surface area contributed by atoms with E-state index in [1.54, 1.807) is 31.2 Å². The molecule has 1 amide bonds. The Bertz CT molecular complexity index is 1410. The molecule has 36 heavy (non-hydrogen) atoms. The Morgan fingerprint density at radius 3 is 2.31 bits per heavy atom. The van der Waals surface area contributed by atoms with Crippen LogP contribution >= 0.6 is 11.6 Å². The highest BCUT2D eigenvalue weighted by Crippen LogP contribution is 2.47. The SMILES string of the molecule is CC1=C(C(=O)Nc2c(F)cccc2F)[C@H](c2ccccc2Cl)C2=C(C[C@H](c3ccccc3)CC2=O)N1. The van der Waals surface area contributed by atoms with E-state index in [1.807, 2.05) is 30.3 Å². The van der Waals surface area contributed by atoms with E-state index >= 15 is 0 Å². The maximum Gasteiger partial charge on any atom is 0.254 e. The van der Waals surface area contributed by atoms with E-state index < -0.39 is 29.1 Å². The van der Waals surface area contributed by atoms with Crippen LogP contribution in [0, 0.1) is 11.6 Å². The van der Waals surface area contributed by atoms with Gasteiger partial charge >= 0.3 is 0 Å². The molecule has 2 aliphatic rings. The molecular weight excluding hydrogens is 482 g/mol. The number of dihydropyridines is 1. The zero-order valence-corrected chi connectivity index (χ0v) is 20.2. The van der Waals surface area contributed by atoms with Gasteiger partial charge in [0.25, 0.3) is 5.91 Å². The van der Waals surface area contributed by atoms with Gasteiger partial charge < -0.3 is 10.6 Å². The Labute approximate surface area is 212 Å². The van der Waals surface area contributed by atoms with Crippen molar-refractivity contribution in [2.75, 3.05) is 5.32 Å². The highest BCUT2D eigenvalue weighted by Gasteiger charge is 2.41. The van der Waals surface area contributed by atoms with Gasteiger partial charge in [-0.15, -0.1) is 0 Å². The topological polar surface area (TPSA) is 58.2 Å². The van der Waals surface area contributed by atoms with Gasteiger partial charge in [0.05, 0.1) is 0 Å². The lowest BCUT2D eigenvalue weighted by atomic mass is 9.71. The average molecular weight is 505 g/mol. The summed E-state index contributed by atoms with van der Waals surface area (Å²) in [6.07, 6.45) is 0.863. The molecule has 1 aliphatic heterocycles. The predicted molar refractivity (Wildman–Crippen MR) is 135 cm³/mol. The smallest absolute Gasteiger partial charge is 0.254 e. The van der Waals surface area contributed by atoms with Crippen LogP contribution in [0.2, 0.25) is 5.02 Å². The van der Waals surface area contributed by atoms with Crippen LogP contribution in [-0.4, -0.2) is 11.7 Å². The van der Waals surface area contributed by atoms with E-state index in [0.717, 1.165) is 23.4 Å². The number of amides is 1. The van der Waals surface area contributed by atoms with Crippen LogP contribution in [0.3, 0.4) is 0 Å². The minimum Gasteiger partial charge on any atom is -0.362 e. The summed E-state index contributed by atoms with van der Waals surface area (Å²) in [6, 6.07) is 20.2. The first-order valence-electron chi connectivity index (χ1n) is 11.6. The number of carbonyl (C=O) groups is 2. The van der Waals surface area contributed by atoms with Crippen molar-refractivity contribution >= 4 is 29.0 Å². The van der Waals surface area contributed by atoms with E-state index in [0.29, 0.717) is 28.3 Å². The van der Waals surface area contributed by atoms with Crippen molar-refractivity contribution in [2.45, 2.75) is 31.6 Å². The Balaban J connectivity index is 1.59. The second-order valence-corrected chi connectivity index (χ2v) is 9.41. The fourth-order valence-corrected chi connectivity index (χ4v) is 5.36. The molecule has 0 unspecified atom stereocenters. The van der Waals surface area contributed by atoms with E-state index in [-0.39, 0.29) is 23.7 Å². The number of hydrogen-bond acceptors (Lipinski definition) is 3. The molecule has 0 radical (unpaired) electrons. The monoisotopic (exact) mass is 504 g/mol. The van der Waals surface area contributed by atoms with Gasteiger partial charge in [-0.3, -0.25) is 9.59 Å². The van der Waals surface area contributed by atoms with E-state index in [2.05, 4.69) is 10.6 Å². The predicted octanol–water partition coefficient (Wildman–Crippen LogP) is 6.62. The second-order valence-electron chi connectivity index (χ2n) is 9.00. The Morgan fingerprint density at radius 1 is 0.944 bits per heavy atom. The summed E-state index contributed by atoms with van der Waals surface area (Å²) < 4.78 is 28.6. The molecule has 3 aromatic carbocycles. The van der Waals surface area contributed by atoms with Crippen LogP contribution in [0.15, 0.2) is 95.3 Å². The number of Topliss-reactive ketones (excluding diaryl/α,β-unsaturated/α-hetero) is 1. The lowest BCUT2D eigenvalue weighted by molar-refractivity contribution is -0.116. The molecule has 5 rings (SSSR count). The maximum atomic E-state index is 14.3. The van der Waals surface area contributed by atoms with Gasteiger partial charge in [-0.2, -0.15) is 0 Å². The fourth-order valence-electron chi connectivity index (χ4n) is 5.12. The Morgan fingerprint density at radius 2 is 1.61 bits per heavy atom. The lowest BCUT2D eigenvalue weighted by Crippen LogP contribution is -2.37. The van der Waals surface area contributed by atoms with Crippen molar-refractivity contribution in [1.82, 2.24) is 5.32 Å². The number of rotatable bonds is 4. The van der Waals surface area contributed by atoms with Crippen LogP contribution in [0.1, 0.15) is 42.7 Å². The number of anilines is 1. The molecule has 0 spiro atoms. The fraction of sp³-hybridized carbons (Fsp3) is 0.172. The van der Waals surface area contributed by atoms with Crippen molar-refractivity contribution in [3.63, 3.8) is 0 Å². The molecule has 0 saturated carbocycles. The van der Waals surface area contributed by atoms with E-state index in [9.17, 15) is 18.4 Å². The summed E-state index contributed by atoms with van der Waals surface area (Å²) in [4.78, 5) is 27.2. The Hall–Kier alpha value is -3.77. The van der Waals surface area contributed by atoms with Gasteiger partial charge in [-0.05, 0) is 48.6 Å². The van der Waals surface area contributed by atoms with Gasteiger partial charge in [0.1, 0.15) is 17.3 Å². The summed E-state index contributed by atoms with van der Waals surface area (Å²) in [5, 5.41) is 6.03. The van der Waals surface area contributed by atoms with Crippen molar-refractivity contribution < 1.29 is 18.4 Å². The summed E-state index contributed by atoms with van der Waals surface area (Å²) >= 11 is 6.56. The van der Waals surface area contributed by atoms with Gasteiger partial charge in [0.15, 0.2) is 5.78 Å². The van der Waals surface area contributed by atoms with Crippen LogP contribution in [0.5, 0.6) is 0 Å². The van der Waals surface area contributed by atoms with Gasteiger partial charge in [-0.25, -0.2) is 8.78 Å². The standard InChI is InChI=1S/C29H23ClF2N2O2/c1-16-25(29(36)34-28-21(31)12-7-13-22(28)32)26(19-10-5-6-11-20(19)30)27-23(33-16)14-18(15-24(27)35)17-8-3-2-4-9-17/h2-13,18,26,33H,14-15H2,1H3,(H,34,36)/t18-,26-/m0/s1. The first-order chi connectivity index (χ1) is 17.3. The highest BCUT2D eigenvalue weighted by atomic mass is 35.5. The second kappa shape index (κ2) is 9.70. The average Bonchev–Trinajstić information content (AvgIpc) is 2.86. The third-order valence-electron chi connectivity index (χ3n) is 6.76. The summed E-state index contributed by atoms with van der Waals surface area (Å²) in [5.74, 6) is -3.38. The molecule has 0 aromatic heterocycles. The number of halogens is 3. The number of ketones is 1. The number of benzene rings is 3. The summed E-state index contributed by atoms with van der Waals surface area (Å²) in [6.45, 7) is 1.72. The van der Waals surface area contributed by atoms with Crippen LogP contribution in [-0.2, 0) is 9.59 Å². The first-order valence-corrected chi connectivity index (χ1v) is 12.0. The molecule has 182 valence electrons. The molecule has 1 heterocycles. The van der Waals surface area contributed by atoms with Crippen LogP contribution < -0.4 is 10.6 Å². The summed E-state index contributed by atoms with van der Waals surface area (Å²) in [5.41, 5.74) is 2.98. The summed E-state index contributed by atoms with van der Waals surface area (Å²) in [7, 11) is 0. The molecule has 3 aromatic rings. The molecule has 0 bridgehead atoms. The molecular formula is C29H23ClF2N2O2. The first kappa shape index (κ1) is 23.9. The molecule has 4 nitrogen and oxygen atoms in total. The third-order valence-corrected chi connectivity index (χ3v) is 7.10. The quantitative estimate of drug-likeness (QED) is 0.420. The number of para-hydroxylation sites is 1. The van der Waals surface area contributed by atoms with Crippen molar-refractivity contribution in [3.05, 3.63) is 123 Å².